The summed E-state index contributed by atoms with van der Waals surface area (Å²) in [5, 5.41) is 0. The van der Waals surface area contributed by atoms with Crippen molar-refractivity contribution in [1.29, 1.82) is 0 Å². The third-order valence-electron chi connectivity index (χ3n) is 2.44. The molecule has 1 aromatic heterocycles. The van der Waals surface area contributed by atoms with Gasteiger partial charge in [0.15, 0.2) is 0 Å². The molecular weight excluding hydrogens is 294 g/mol. The van der Waals surface area contributed by atoms with Crippen molar-refractivity contribution in [3.05, 3.63) is 24.3 Å². The van der Waals surface area contributed by atoms with Gasteiger partial charge in [0.25, 0.3) is 5.91 Å². The number of hydrogen-bond donors (Lipinski definition) is 3. The largest absolute Gasteiger partial charge is 0.321 e. The molecular formula is C12H17N5O3S. The van der Waals surface area contributed by atoms with Gasteiger partial charge in [-0.25, -0.2) is 9.97 Å². The highest BCUT2D eigenvalue weighted by molar-refractivity contribution is 7.99. The summed E-state index contributed by atoms with van der Waals surface area (Å²) in [6, 6.07) is 0.497. The highest BCUT2D eigenvalue weighted by Crippen LogP contribution is 2.03. The third kappa shape index (κ3) is 5.88. The van der Waals surface area contributed by atoms with Gasteiger partial charge in [-0.3, -0.25) is 25.2 Å². The van der Waals surface area contributed by atoms with Crippen molar-refractivity contribution in [1.82, 2.24) is 20.8 Å². The van der Waals surface area contributed by atoms with Crippen LogP contribution in [0, 0.1) is 0 Å². The first-order valence-electron chi connectivity index (χ1n) is 6.30. The van der Waals surface area contributed by atoms with Gasteiger partial charge in [0.1, 0.15) is 12.0 Å². The number of ketones is 1. The summed E-state index contributed by atoms with van der Waals surface area (Å²) in [6.45, 7) is 1.99. The SMILES string of the molecule is CCSCCC(N)C(=O)C(=O)NNC(=O)c1ccncn1. The van der Waals surface area contributed by atoms with Crippen molar-refractivity contribution in [2.75, 3.05) is 11.5 Å². The monoisotopic (exact) mass is 311 g/mol. The lowest BCUT2D eigenvalue weighted by atomic mass is 10.1. The van der Waals surface area contributed by atoms with E-state index in [-0.39, 0.29) is 5.69 Å². The number of Topliss-reactive ketones (excluding diaryl/α,β-unsaturated/α-hetero) is 1. The topological polar surface area (TPSA) is 127 Å². The molecule has 114 valence electrons. The van der Waals surface area contributed by atoms with E-state index in [1.807, 2.05) is 12.3 Å². The summed E-state index contributed by atoms with van der Waals surface area (Å²) >= 11 is 1.63. The molecule has 0 radical (unpaired) electrons. The van der Waals surface area contributed by atoms with Gasteiger partial charge >= 0.3 is 5.91 Å². The van der Waals surface area contributed by atoms with E-state index in [0.29, 0.717) is 12.2 Å². The van der Waals surface area contributed by atoms with Gasteiger partial charge in [0, 0.05) is 6.20 Å². The highest BCUT2D eigenvalue weighted by atomic mass is 32.2. The number of thioether (sulfide) groups is 1. The van der Waals surface area contributed by atoms with Crippen LogP contribution in [0.15, 0.2) is 18.6 Å². The molecule has 1 unspecified atom stereocenters. The number of amides is 2. The maximum atomic E-state index is 11.7. The van der Waals surface area contributed by atoms with Gasteiger partial charge in [-0.1, -0.05) is 6.92 Å². The van der Waals surface area contributed by atoms with E-state index in [0.717, 1.165) is 5.75 Å². The summed E-state index contributed by atoms with van der Waals surface area (Å²) in [5.41, 5.74) is 9.80. The molecule has 1 rings (SSSR count). The fraction of sp³-hybridized carbons (Fsp3) is 0.417. The second-order valence-corrected chi connectivity index (χ2v) is 5.35. The molecule has 1 heterocycles. The Balaban J connectivity index is 2.39. The summed E-state index contributed by atoms with van der Waals surface area (Å²) < 4.78 is 0. The maximum Gasteiger partial charge on any atom is 0.307 e. The molecule has 1 atom stereocenters. The second kappa shape index (κ2) is 9.03. The van der Waals surface area contributed by atoms with Gasteiger partial charge in [-0.2, -0.15) is 11.8 Å². The Morgan fingerprint density at radius 3 is 2.76 bits per heavy atom. The van der Waals surface area contributed by atoms with Crippen LogP contribution in [0.4, 0.5) is 0 Å². The average Bonchev–Trinajstić information content (AvgIpc) is 2.52. The summed E-state index contributed by atoms with van der Waals surface area (Å²) in [7, 11) is 0. The molecule has 0 saturated heterocycles. The summed E-state index contributed by atoms with van der Waals surface area (Å²) in [6.07, 6.45) is 2.99. The van der Waals surface area contributed by atoms with Crippen LogP contribution < -0.4 is 16.6 Å². The number of carbonyl (C=O) groups excluding carboxylic acids is 3. The predicted octanol–water partition coefficient (Wildman–Crippen LogP) is -0.723. The Kier molecular flexibility index (Phi) is 7.33. The number of hydrazine groups is 1. The van der Waals surface area contributed by atoms with E-state index in [2.05, 4.69) is 15.4 Å². The Hall–Kier alpha value is -2.00. The first-order valence-corrected chi connectivity index (χ1v) is 7.45. The molecule has 1 aromatic rings. The van der Waals surface area contributed by atoms with Gasteiger partial charge in [-0.15, -0.1) is 0 Å². The summed E-state index contributed by atoms with van der Waals surface area (Å²) in [5.74, 6) is -0.749. The number of carbonyl (C=O) groups is 3. The fourth-order valence-electron chi connectivity index (χ4n) is 1.32. The van der Waals surface area contributed by atoms with Crippen LogP contribution in [0.25, 0.3) is 0 Å². The minimum atomic E-state index is -0.952. The average molecular weight is 311 g/mol. The molecule has 2 amide bonds. The first-order chi connectivity index (χ1) is 10.1. The zero-order chi connectivity index (χ0) is 15.7. The molecule has 4 N–H and O–H groups in total. The molecule has 0 aliphatic heterocycles. The molecule has 0 aliphatic rings. The van der Waals surface area contributed by atoms with Gasteiger partial charge in [0.2, 0.25) is 5.78 Å². The van der Waals surface area contributed by atoms with E-state index in [1.54, 1.807) is 11.8 Å². The van der Waals surface area contributed by atoms with Crippen molar-refractivity contribution in [2.24, 2.45) is 5.73 Å². The van der Waals surface area contributed by atoms with Gasteiger partial charge in [-0.05, 0) is 24.0 Å². The minimum Gasteiger partial charge on any atom is -0.321 e. The third-order valence-corrected chi connectivity index (χ3v) is 3.37. The predicted molar refractivity (Wildman–Crippen MR) is 78.2 cm³/mol. The zero-order valence-corrected chi connectivity index (χ0v) is 12.4. The number of rotatable bonds is 7. The zero-order valence-electron chi connectivity index (χ0n) is 11.5. The summed E-state index contributed by atoms with van der Waals surface area (Å²) in [4.78, 5) is 42.2. The molecule has 0 aliphatic carbocycles. The van der Waals surface area contributed by atoms with Crippen molar-refractivity contribution >= 4 is 29.4 Å². The van der Waals surface area contributed by atoms with Crippen LogP contribution in [0.2, 0.25) is 0 Å². The van der Waals surface area contributed by atoms with E-state index in [9.17, 15) is 14.4 Å². The van der Waals surface area contributed by atoms with Gasteiger partial charge < -0.3 is 5.73 Å². The lowest BCUT2D eigenvalue weighted by Crippen LogP contribution is -2.49. The Bertz CT molecular complexity index is 497. The van der Waals surface area contributed by atoms with E-state index in [4.69, 9.17) is 5.73 Å². The smallest absolute Gasteiger partial charge is 0.307 e. The normalized spacial score (nSPS) is 11.5. The Morgan fingerprint density at radius 1 is 1.38 bits per heavy atom. The van der Waals surface area contributed by atoms with Crippen molar-refractivity contribution in [3.8, 4) is 0 Å². The van der Waals surface area contributed by atoms with Gasteiger partial charge in [0.05, 0.1) is 6.04 Å². The van der Waals surface area contributed by atoms with E-state index < -0.39 is 23.6 Å². The molecule has 0 spiro atoms. The first kappa shape index (κ1) is 17.1. The lowest BCUT2D eigenvalue weighted by Gasteiger charge is -2.10. The molecule has 0 aromatic carbocycles. The lowest BCUT2D eigenvalue weighted by molar-refractivity contribution is -0.139. The molecule has 0 fully saturated rings. The quantitative estimate of drug-likeness (QED) is 0.344. The fourth-order valence-corrected chi connectivity index (χ4v) is 2.03. The van der Waals surface area contributed by atoms with Crippen LogP contribution in [0.3, 0.4) is 0 Å². The second-order valence-electron chi connectivity index (χ2n) is 3.96. The van der Waals surface area contributed by atoms with Crippen molar-refractivity contribution < 1.29 is 14.4 Å². The number of hydrogen-bond acceptors (Lipinski definition) is 7. The molecule has 0 saturated carbocycles. The van der Waals surface area contributed by atoms with Crippen molar-refractivity contribution in [2.45, 2.75) is 19.4 Å². The maximum absolute atomic E-state index is 11.7. The number of aromatic nitrogens is 2. The van der Waals surface area contributed by atoms with Crippen LogP contribution in [0.5, 0.6) is 0 Å². The standard InChI is InChI=1S/C12H17N5O3S/c1-2-21-6-4-8(13)10(18)12(20)17-16-11(19)9-3-5-14-7-15-9/h3,5,7-8H,2,4,6,13H2,1H3,(H,16,19)(H,17,20). The van der Waals surface area contributed by atoms with Crippen LogP contribution >= 0.6 is 11.8 Å². The molecule has 8 nitrogen and oxygen atoms in total. The highest BCUT2D eigenvalue weighted by Gasteiger charge is 2.22. The van der Waals surface area contributed by atoms with Crippen molar-refractivity contribution in [3.63, 3.8) is 0 Å². The van der Waals surface area contributed by atoms with E-state index in [1.165, 1.54) is 18.6 Å². The van der Waals surface area contributed by atoms with Crippen LogP contribution in [0.1, 0.15) is 23.8 Å². The van der Waals surface area contributed by atoms with Crippen LogP contribution in [-0.2, 0) is 9.59 Å². The molecule has 0 bridgehead atoms. The number of nitrogens with one attached hydrogen (secondary N) is 2. The Labute approximate surface area is 126 Å². The van der Waals surface area contributed by atoms with E-state index >= 15 is 0 Å². The Morgan fingerprint density at radius 2 is 2.14 bits per heavy atom. The number of nitrogens with two attached hydrogens (primary N) is 1. The molecule has 9 heteroatoms. The minimum absolute atomic E-state index is 0.0707. The number of nitrogens with zero attached hydrogens (tertiary/aromatic N) is 2. The van der Waals surface area contributed by atoms with Crippen LogP contribution in [-0.4, -0.2) is 45.1 Å². The molecule has 21 heavy (non-hydrogen) atoms.